The first-order valence-corrected chi connectivity index (χ1v) is 6.88. The normalized spacial score (nSPS) is 12.5. The average molecular weight is 271 g/mol. The Balaban J connectivity index is 1.76. The molecular weight excluding hydrogens is 258 g/mol. The number of aromatic nitrogens is 2. The summed E-state index contributed by atoms with van der Waals surface area (Å²) in [5, 5.41) is 5.95. The lowest BCUT2D eigenvalue weighted by Gasteiger charge is -2.05. The Hall–Kier alpha value is -1.98. The lowest BCUT2D eigenvalue weighted by atomic mass is 10.1. The summed E-state index contributed by atoms with van der Waals surface area (Å²) in [6, 6.07) is 13.7. The molecule has 1 aromatic carbocycles. The Morgan fingerprint density at radius 2 is 2.00 bits per heavy atom. The maximum atomic E-state index is 6.10. The minimum atomic E-state index is -0.274. The summed E-state index contributed by atoms with van der Waals surface area (Å²) in [5.41, 5.74) is 7.26. The molecule has 3 aromatic rings. The van der Waals surface area contributed by atoms with Crippen molar-refractivity contribution in [1.29, 1.82) is 0 Å². The van der Waals surface area contributed by atoms with Crippen LogP contribution in [0.3, 0.4) is 0 Å². The van der Waals surface area contributed by atoms with Crippen LogP contribution in [0, 0.1) is 0 Å². The Bertz CT molecular complexity index is 634. The van der Waals surface area contributed by atoms with Gasteiger partial charge in [0.1, 0.15) is 0 Å². The van der Waals surface area contributed by atoms with Crippen molar-refractivity contribution in [3.8, 4) is 10.7 Å². The molecule has 2 aromatic heterocycles. The number of hydrogen-bond acceptors (Lipinski definition) is 5. The van der Waals surface area contributed by atoms with Crippen molar-refractivity contribution in [2.45, 2.75) is 12.5 Å². The minimum Gasteiger partial charge on any atom is -0.337 e. The first kappa shape index (κ1) is 12.1. The van der Waals surface area contributed by atoms with Gasteiger partial charge in [0.15, 0.2) is 0 Å². The molecule has 96 valence electrons. The number of nitrogens with two attached hydrogens (primary N) is 1. The molecule has 0 radical (unpaired) electrons. The van der Waals surface area contributed by atoms with E-state index in [2.05, 4.69) is 10.1 Å². The molecule has 2 N–H and O–H groups in total. The molecule has 0 aliphatic rings. The van der Waals surface area contributed by atoms with Crippen LogP contribution in [0.1, 0.15) is 17.5 Å². The van der Waals surface area contributed by atoms with E-state index in [1.54, 1.807) is 11.3 Å². The van der Waals surface area contributed by atoms with Crippen molar-refractivity contribution >= 4 is 11.3 Å². The van der Waals surface area contributed by atoms with Gasteiger partial charge < -0.3 is 10.3 Å². The van der Waals surface area contributed by atoms with Gasteiger partial charge in [0.05, 0.1) is 10.9 Å². The average Bonchev–Trinajstić information content (AvgIpc) is 3.11. The van der Waals surface area contributed by atoms with Crippen molar-refractivity contribution in [1.82, 2.24) is 10.1 Å². The van der Waals surface area contributed by atoms with Gasteiger partial charge in [-0.25, -0.2) is 0 Å². The van der Waals surface area contributed by atoms with Gasteiger partial charge in [0, 0.05) is 0 Å². The monoisotopic (exact) mass is 271 g/mol. The van der Waals surface area contributed by atoms with Crippen LogP contribution in [0.4, 0.5) is 0 Å². The highest BCUT2D eigenvalue weighted by Gasteiger charge is 2.16. The Kier molecular flexibility index (Phi) is 3.39. The number of thiophene rings is 1. The van der Waals surface area contributed by atoms with E-state index in [4.69, 9.17) is 10.3 Å². The summed E-state index contributed by atoms with van der Waals surface area (Å²) in [5.74, 6) is 1.08. The van der Waals surface area contributed by atoms with Crippen LogP contribution in [-0.2, 0) is 6.42 Å². The molecule has 0 saturated heterocycles. The molecule has 3 rings (SSSR count). The van der Waals surface area contributed by atoms with Crippen LogP contribution >= 0.6 is 11.3 Å². The maximum absolute atomic E-state index is 6.10. The van der Waals surface area contributed by atoms with Crippen molar-refractivity contribution in [2.75, 3.05) is 0 Å². The minimum absolute atomic E-state index is 0.274. The van der Waals surface area contributed by atoms with Crippen molar-refractivity contribution in [3.63, 3.8) is 0 Å². The fraction of sp³-hybridized carbons (Fsp3) is 0.143. The van der Waals surface area contributed by atoms with Gasteiger partial charge in [-0.1, -0.05) is 41.6 Å². The largest absolute Gasteiger partial charge is 0.337 e. The molecule has 4 nitrogen and oxygen atoms in total. The van der Waals surface area contributed by atoms with Gasteiger partial charge in [0.2, 0.25) is 11.7 Å². The zero-order chi connectivity index (χ0) is 13.1. The third kappa shape index (κ3) is 2.72. The highest BCUT2D eigenvalue weighted by Crippen LogP contribution is 2.23. The molecule has 0 saturated carbocycles. The quantitative estimate of drug-likeness (QED) is 0.792. The molecule has 1 unspecified atom stereocenters. The van der Waals surface area contributed by atoms with Crippen LogP contribution < -0.4 is 5.73 Å². The van der Waals surface area contributed by atoms with Gasteiger partial charge in [-0.3, -0.25) is 0 Å². The number of hydrogen-bond donors (Lipinski definition) is 1. The molecule has 0 aliphatic carbocycles. The van der Waals surface area contributed by atoms with Gasteiger partial charge in [-0.2, -0.15) is 4.98 Å². The Morgan fingerprint density at radius 3 is 2.74 bits per heavy atom. The highest BCUT2D eigenvalue weighted by molar-refractivity contribution is 7.13. The molecule has 5 heteroatoms. The molecule has 0 bridgehead atoms. The van der Waals surface area contributed by atoms with Crippen LogP contribution in [-0.4, -0.2) is 10.1 Å². The third-order valence-corrected chi connectivity index (χ3v) is 3.66. The molecule has 0 aliphatic heterocycles. The van der Waals surface area contributed by atoms with Crippen molar-refractivity contribution in [3.05, 3.63) is 59.3 Å². The molecular formula is C14H13N3OS. The number of benzene rings is 1. The molecule has 0 fully saturated rings. The van der Waals surface area contributed by atoms with Crippen LogP contribution in [0.25, 0.3) is 10.7 Å². The van der Waals surface area contributed by atoms with Gasteiger partial charge in [-0.15, -0.1) is 11.3 Å². The predicted molar refractivity (Wildman–Crippen MR) is 74.7 cm³/mol. The summed E-state index contributed by atoms with van der Waals surface area (Å²) >= 11 is 1.58. The second kappa shape index (κ2) is 5.34. The van der Waals surface area contributed by atoms with E-state index in [1.807, 2.05) is 47.8 Å². The van der Waals surface area contributed by atoms with Gasteiger partial charge >= 0.3 is 0 Å². The fourth-order valence-corrected chi connectivity index (χ4v) is 2.50. The maximum Gasteiger partial charge on any atom is 0.244 e. The molecule has 2 heterocycles. The second-order valence-corrected chi connectivity index (χ2v) is 5.18. The summed E-state index contributed by atoms with van der Waals surface area (Å²) in [6.07, 6.45) is 0.687. The van der Waals surface area contributed by atoms with E-state index in [1.165, 1.54) is 0 Å². The van der Waals surface area contributed by atoms with Gasteiger partial charge in [0.25, 0.3) is 0 Å². The summed E-state index contributed by atoms with van der Waals surface area (Å²) in [4.78, 5) is 5.34. The number of rotatable bonds is 4. The summed E-state index contributed by atoms with van der Waals surface area (Å²) in [7, 11) is 0. The van der Waals surface area contributed by atoms with Crippen LogP contribution in [0.15, 0.2) is 52.4 Å². The molecule has 0 spiro atoms. The molecule has 1 atom stereocenters. The first-order valence-electron chi connectivity index (χ1n) is 6.00. The second-order valence-electron chi connectivity index (χ2n) is 4.23. The SMILES string of the molecule is NC(Cc1ccccc1)c1nc(-c2cccs2)no1. The lowest BCUT2D eigenvalue weighted by molar-refractivity contribution is 0.354. The Labute approximate surface area is 114 Å². The first-order chi connectivity index (χ1) is 9.33. The van der Waals surface area contributed by atoms with Crippen molar-refractivity contribution < 1.29 is 4.52 Å². The van der Waals surface area contributed by atoms with E-state index in [9.17, 15) is 0 Å². The number of nitrogens with zero attached hydrogens (tertiary/aromatic N) is 2. The third-order valence-electron chi connectivity index (χ3n) is 2.80. The van der Waals surface area contributed by atoms with E-state index >= 15 is 0 Å². The smallest absolute Gasteiger partial charge is 0.244 e. The standard InChI is InChI=1S/C14H13N3OS/c15-11(9-10-5-2-1-3-6-10)14-16-13(17-18-14)12-7-4-8-19-12/h1-8,11H,9,15H2. The molecule has 19 heavy (non-hydrogen) atoms. The Morgan fingerprint density at radius 1 is 1.16 bits per heavy atom. The zero-order valence-electron chi connectivity index (χ0n) is 10.2. The van der Waals surface area contributed by atoms with Crippen LogP contribution in [0.5, 0.6) is 0 Å². The van der Waals surface area contributed by atoms with Crippen molar-refractivity contribution in [2.24, 2.45) is 5.73 Å². The summed E-state index contributed by atoms with van der Waals surface area (Å²) in [6.45, 7) is 0. The highest BCUT2D eigenvalue weighted by atomic mass is 32.1. The van der Waals surface area contributed by atoms with E-state index in [-0.39, 0.29) is 6.04 Å². The predicted octanol–water partition coefficient (Wildman–Crippen LogP) is 3.04. The summed E-state index contributed by atoms with van der Waals surface area (Å²) < 4.78 is 5.24. The van der Waals surface area contributed by atoms with Gasteiger partial charge in [-0.05, 0) is 23.4 Å². The fourth-order valence-electron chi connectivity index (χ4n) is 1.85. The zero-order valence-corrected chi connectivity index (χ0v) is 11.0. The van der Waals surface area contributed by atoms with E-state index < -0.39 is 0 Å². The van der Waals surface area contributed by atoms with E-state index in [0.29, 0.717) is 18.1 Å². The van der Waals surface area contributed by atoms with Crippen LogP contribution in [0.2, 0.25) is 0 Å². The van der Waals surface area contributed by atoms with E-state index in [0.717, 1.165) is 10.4 Å². The lowest BCUT2D eigenvalue weighted by Crippen LogP contribution is -2.13. The topological polar surface area (TPSA) is 64.9 Å². The molecule has 0 amide bonds.